The molecule has 0 unspecified atom stereocenters. The highest BCUT2D eigenvalue weighted by Crippen LogP contribution is 2.21. The summed E-state index contributed by atoms with van der Waals surface area (Å²) in [5.74, 6) is 0. The average Bonchev–Trinajstić information content (AvgIpc) is 2.59. The summed E-state index contributed by atoms with van der Waals surface area (Å²) in [5, 5.41) is 0. The van der Waals surface area contributed by atoms with E-state index in [0.717, 1.165) is 12.1 Å². The highest BCUT2D eigenvalue weighted by molar-refractivity contribution is 6.67. The Labute approximate surface area is 148 Å². The molecule has 0 aromatic heterocycles. The van der Waals surface area contributed by atoms with Crippen LogP contribution in [0, 0.1) is 0 Å². The minimum Gasteiger partial charge on any atom is -0.398 e. The Bertz CT molecular complexity index is 221. The molecule has 0 bridgehead atoms. The lowest BCUT2D eigenvalue weighted by Crippen LogP contribution is -2.38. The zero-order chi connectivity index (χ0) is 17.2. The van der Waals surface area contributed by atoms with E-state index < -0.39 is 8.56 Å². The Hall–Kier alpha value is 0.137. The summed E-state index contributed by atoms with van der Waals surface area (Å²) in [4.78, 5) is 0. The molecule has 0 saturated heterocycles. The monoisotopic (exact) mass is 344 g/mol. The van der Waals surface area contributed by atoms with Gasteiger partial charge in [0.1, 0.15) is 0 Å². The maximum absolute atomic E-state index is 5.67. The van der Waals surface area contributed by atoms with Gasteiger partial charge in [0.15, 0.2) is 0 Å². The van der Waals surface area contributed by atoms with Gasteiger partial charge in [0.25, 0.3) is 0 Å². The molecule has 0 aliphatic rings. The Morgan fingerprint density at radius 2 is 0.870 bits per heavy atom. The third-order valence-corrected chi connectivity index (χ3v) is 8.87. The van der Waals surface area contributed by atoms with Crippen molar-refractivity contribution in [2.75, 3.05) is 14.2 Å². The van der Waals surface area contributed by atoms with E-state index in [9.17, 15) is 0 Å². The van der Waals surface area contributed by atoms with E-state index in [1.54, 1.807) is 0 Å². The number of hydrogen-bond acceptors (Lipinski definition) is 2. The molecule has 0 spiro atoms. The minimum absolute atomic E-state index is 1.07. The fourth-order valence-corrected chi connectivity index (χ4v) is 5.64. The van der Waals surface area contributed by atoms with Crippen LogP contribution in [-0.4, -0.2) is 22.8 Å². The predicted octanol–water partition coefficient (Wildman–Crippen LogP) is 7.22. The molecule has 0 aliphatic carbocycles. The summed E-state index contributed by atoms with van der Waals surface area (Å²) in [6.07, 6.45) is 19.8. The van der Waals surface area contributed by atoms with Crippen LogP contribution in [0.15, 0.2) is 0 Å². The van der Waals surface area contributed by atoms with Crippen LogP contribution in [0.3, 0.4) is 0 Å². The number of hydrogen-bond donors (Lipinski definition) is 0. The molecule has 0 amide bonds. The van der Waals surface area contributed by atoms with Gasteiger partial charge in [-0.1, -0.05) is 104 Å². The highest BCUT2D eigenvalue weighted by Gasteiger charge is 2.32. The van der Waals surface area contributed by atoms with Crippen LogP contribution in [0.25, 0.3) is 0 Å². The Morgan fingerprint density at radius 3 is 1.17 bits per heavy atom. The molecule has 0 aliphatic heterocycles. The van der Waals surface area contributed by atoms with Crippen molar-refractivity contribution in [3.05, 3.63) is 0 Å². The van der Waals surface area contributed by atoms with Crippen LogP contribution < -0.4 is 0 Å². The maximum Gasteiger partial charge on any atom is 0.337 e. The second-order valence-corrected chi connectivity index (χ2v) is 10.9. The van der Waals surface area contributed by atoms with E-state index in [-0.39, 0.29) is 0 Å². The molecule has 140 valence electrons. The van der Waals surface area contributed by atoms with Crippen LogP contribution >= 0.6 is 0 Å². The van der Waals surface area contributed by atoms with Gasteiger partial charge in [-0.05, 0) is 12.1 Å². The molecule has 0 aromatic carbocycles. The summed E-state index contributed by atoms with van der Waals surface area (Å²) in [7, 11) is 1.82. The normalized spacial score (nSPS) is 12.0. The van der Waals surface area contributed by atoms with Crippen molar-refractivity contribution < 1.29 is 8.85 Å². The van der Waals surface area contributed by atoms with E-state index in [2.05, 4.69) is 13.8 Å². The first-order valence-corrected chi connectivity index (χ1v) is 12.6. The van der Waals surface area contributed by atoms with Gasteiger partial charge in [-0.15, -0.1) is 0 Å². The van der Waals surface area contributed by atoms with Crippen molar-refractivity contribution in [3.63, 3.8) is 0 Å². The van der Waals surface area contributed by atoms with E-state index in [1.807, 2.05) is 14.2 Å². The number of rotatable bonds is 18. The summed E-state index contributed by atoms with van der Waals surface area (Å²) < 4.78 is 11.3. The lowest BCUT2D eigenvalue weighted by Gasteiger charge is -2.25. The summed E-state index contributed by atoms with van der Waals surface area (Å²) in [5.41, 5.74) is 0. The molecular formula is C20H44O2Si. The molecule has 0 radical (unpaired) electrons. The van der Waals surface area contributed by atoms with Crippen molar-refractivity contribution in [2.24, 2.45) is 0 Å². The molecule has 0 atom stereocenters. The molecule has 0 aromatic rings. The van der Waals surface area contributed by atoms with Gasteiger partial charge < -0.3 is 8.85 Å². The lowest BCUT2D eigenvalue weighted by atomic mass is 10.0. The third kappa shape index (κ3) is 13.1. The number of unbranched alkanes of at least 4 members (excludes halogenated alkanes) is 13. The molecule has 0 heterocycles. The average molecular weight is 345 g/mol. The zero-order valence-electron chi connectivity index (χ0n) is 16.6. The first-order valence-electron chi connectivity index (χ1n) is 10.3. The van der Waals surface area contributed by atoms with Crippen molar-refractivity contribution in [1.29, 1.82) is 0 Å². The van der Waals surface area contributed by atoms with Gasteiger partial charge in [0, 0.05) is 14.2 Å². The van der Waals surface area contributed by atoms with Gasteiger partial charge >= 0.3 is 8.56 Å². The third-order valence-electron chi connectivity index (χ3n) is 5.19. The second-order valence-electron chi connectivity index (χ2n) is 7.02. The van der Waals surface area contributed by atoms with Crippen molar-refractivity contribution in [3.8, 4) is 0 Å². The summed E-state index contributed by atoms with van der Waals surface area (Å²) in [6.45, 7) is 4.49. The van der Waals surface area contributed by atoms with Gasteiger partial charge in [-0.25, -0.2) is 0 Å². The van der Waals surface area contributed by atoms with Gasteiger partial charge in [0.05, 0.1) is 0 Å². The van der Waals surface area contributed by atoms with Crippen LogP contribution in [0.1, 0.15) is 104 Å². The molecule has 0 N–H and O–H groups in total. The molecule has 0 rings (SSSR count). The molecule has 23 heavy (non-hydrogen) atoms. The predicted molar refractivity (Wildman–Crippen MR) is 105 cm³/mol. The smallest absolute Gasteiger partial charge is 0.337 e. The van der Waals surface area contributed by atoms with Crippen LogP contribution in [0.5, 0.6) is 0 Å². The highest BCUT2D eigenvalue weighted by atomic mass is 28.4. The van der Waals surface area contributed by atoms with E-state index in [0.29, 0.717) is 0 Å². The van der Waals surface area contributed by atoms with Crippen molar-refractivity contribution >= 4 is 8.56 Å². The minimum atomic E-state index is -1.82. The largest absolute Gasteiger partial charge is 0.398 e. The van der Waals surface area contributed by atoms with Gasteiger partial charge in [0.2, 0.25) is 0 Å². The SMILES string of the molecule is CCCCCCCCCCCCCCCC[Si](CC)(OC)OC. The Balaban J connectivity index is 3.25. The zero-order valence-corrected chi connectivity index (χ0v) is 17.6. The molecule has 0 fully saturated rings. The molecular weight excluding hydrogens is 300 g/mol. The maximum atomic E-state index is 5.67. The Morgan fingerprint density at radius 1 is 0.522 bits per heavy atom. The summed E-state index contributed by atoms with van der Waals surface area (Å²) in [6, 6.07) is 2.23. The van der Waals surface area contributed by atoms with Crippen LogP contribution in [0.2, 0.25) is 12.1 Å². The van der Waals surface area contributed by atoms with Gasteiger partial charge in [-0.2, -0.15) is 0 Å². The fourth-order valence-electron chi connectivity index (χ4n) is 3.34. The van der Waals surface area contributed by atoms with E-state index in [4.69, 9.17) is 8.85 Å². The lowest BCUT2D eigenvalue weighted by molar-refractivity contribution is 0.241. The molecule has 2 nitrogen and oxygen atoms in total. The van der Waals surface area contributed by atoms with Crippen molar-refractivity contribution in [2.45, 2.75) is 116 Å². The molecule has 0 saturated carbocycles. The van der Waals surface area contributed by atoms with E-state index in [1.165, 1.54) is 89.9 Å². The quantitative estimate of drug-likeness (QED) is 0.193. The van der Waals surface area contributed by atoms with Crippen LogP contribution in [-0.2, 0) is 8.85 Å². The second kappa shape index (κ2) is 17.0. The first kappa shape index (κ1) is 23.1. The summed E-state index contributed by atoms with van der Waals surface area (Å²) >= 11 is 0. The first-order chi connectivity index (χ1) is 11.2. The van der Waals surface area contributed by atoms with Gasteiger partial charge in [-0.3, -0.25) is 0 Å². The standard InChI is InChI=1S/C20H44O2Si/c1-5-7-8-9-10-11-12-13-14-15-16-17-18-19-20-23(6-2,21-3)22-4/h5-20H2,1-4H3. The van der Waals surface area contributed by atoms with Crippen LogP contribution in [0.4, 0.5) is 0 Å². The molecule has 3 heteroatoms. The fraction of sp³-hybridized carbons (Fsp3) is 1.00. The topological polar surface area (TPSA) is 18.5 Å². The van der Waals surface area contributed by atoms with Crippen molar-refractivity contribution in [1.82, 2.24) is 0 Å². The Kier molecular flexibility index (Phi) is 17.1. The van der Waals surface area contributed by atoms with E-state index >= 15 is 0 Å².